The second-order valence-electron chi connectivity index (χ2n) is 5.13. The predicted molar refractivity (Wildman–Crippen MR) is 83.1 cm³/mol. The van der Waals surface area contributed by atoms with E-state index in [2.05, 4.69) is 10.3 Å². The van der Waals surface area contributed by atoms with Crippen LogP contribution in [0.3, 0.4) is 0 Å². The Morgan fingerprint density at radius 1 is 1.48 bits per heavy atom. The van der Waals surface area contributed by atoms with Gasteiger partial charge in [0.2, 0.25) is 0 Å². The maximum atomic E-state index is 12.2. The van der Waals surface area contributed by atoms with Crippen LogP contribution < -0.4 is 10.1 Å². The smallest absolute Gasteiger partial charge is 0.255 e. The van der Waals surface area contributed by atoms with Crippen molar-refractivity contribution in [3.63, 3.8) is 0 Å². The number of fused-ring (bicyclic) bond motifs is 1. The van der Waals surface area contributed by atoms with Crippen LogP contribution >= 0.6 is 11.3 Å². The summed E-state index contributed by atoms with van der Waals surface area (Å²) in [6, 6.07) is 3.89. The third-order valence-electron chi connectivity index (χ3n) is 3.63. The molecule has 1 saturated heterocycles. The van der Waals surface area contributed by atoms with Crippen LogP contribution in [0.5, 0.6) is 5.75 Å². The molecular weight excluding hydrogens is 288 g/mol. The average molecular weight is 306 g/mol. The number of aromatic nitrogens is 1. The lowest BCUT2D eigenvalue weighted by molar-refractivity contribution is -0.129. The number of carbonyl (C=O) groups is 1. The van der Waals surface area contributed by atoms with E-state index in [1.54, 1.807) is 7.11 Å². The van der Waals surface area contributed by atoms with E-state index in [-0.39, 0.29) is 12.0 Å². The van der Waals surface area contributed by atoms with Crippen molar-refractivity contribution in [2.75, 3.05) is 19.0 Å². The summed E-state index contributed by atoms with van der Waals surface area (Å²) in [6.45, 7) is 2.68. The van der Waals surface area contributed by atoms with Gasteiger partial charge in [0.25, 0.3) is 5.91 Å². The lowest BCUT2D eigenvalue weighted by Gasteiger charge is -2.20. The van der Waals surface area contributed by atoms with E-state index in [0.717, 1.165) is 40.8 Å². The van der Waals surface area contributed by atoms with Gasteiger partial charge in [0, 0.05) is 6.61 Å². The zero-order valence-electron chi connectivity index (χ0n) is 12.1. The summed E-state index contributed by atoms with van der Waals surface area (Å²) < 4.78 is 11.9. The first-order valence-corrected chi connectivity index (χ1v) is 7.87. The first-order chi connectivity index (χ1) is 10.2. The summed E-state index contributed by atoms with van der Waals surface area (Å²) in [5.74, 6) is 0.617. The molecule has 1 aliphatic heterocycles. The number of amides is 1. The first-order valence-electron chi connectivity index (χ1n) is 7.05. The zero-order chi connectivity index (χ0) is 14.8. The number of nitrogens with zero attached hydrogens (tertiary/aromatic N) is 1. The number of methoxy groups -OCH3 is 1. The molecule has 0 aliphatic carbocycles. The summed E-state index contributed by atoms with van der Waals surface area (Å²) in [5.41, 5.74) is 1.92. The SMILES string of the molecule is COc1ccc(C)c2sc(NC(=O)C3CCCCO3)nc12. The van der Waals surface area contributed by atoms with E-state index >= 15 is 0 Å². The lowest BCUT2D eigenvalue weighted by Crippen LogP contribution is -2.33. The van der Waals surface area contributed by atoms with Crippen molar-refractivity contribution in [1.82, 2.24) is 4.98 Å². The maximum Gasteiger partial charge on any atom is 0.255 e. The average Bonchev–Trinajstić information content (AvgIpc) is 2.93. The molecule has 2 aromatic rings. The number of nitrogens with one attached hydrogen (secondary N) is 1. The molecular formula is C15H18N2O3S. The second-order valence-corrected chi connectivity index (χ2v) is 6.13. The Morgan fingerprint density at radius 3 is 3.05 bits per heavy atom. The molecule has 0 radical (unpaired) electrons. The number of thiazole rings is 1. The standard InChI is InChI=1S/C15H18N2O3S/c1-9-6-7-10(19-2)12-13(9)21-15(16-12)17-14(18)11-5-3-4-8-20-11/h6-7,11H,3-5,8H2,1-2H3,(H,16,17,18). The molecule has 1 unspecified atom stereocenters. The maximum absolute atomic E-state index is 12.2. The quantitative estimate of drug-likeness (QED) is 0.946. The van der Waals surface area contributed by atoms with Crippen LogP contribution in [0, 0.1) is 6.92 Å². The minimum absolute atomic E-state index is 0.106. The van der Waals surface area contributed by atoms with Crippen LogP contribution in [0.1, 0.15) is 24.8 Å². The van der Waals surface area contributed by atoms with Crippen molar-refractivity contribution in [1.29, 1.82) is 0 Å². The third-order valence-corrected chi connectivity index (χ3v) is 4.73. The fraction of sp³-hybridized carbons (Fsp3) is 0.467. The van der Waals surface area contributed by atoms with E-state index in [0.29, 0.717) is 11.7 Å². The number of benzene rings is 1. The minimum Gasteiger partial charge on any atom is -0.494 e. The summed E-state index contributed by atoms with van der Waals surface area (Å²) in [4.78, 5) is 16.7. The van der Waals surface area contributed by atoms with Crippen LogP contribution in [0.4, 0.5) is 5.13 Å². The van der Waals surface area contributed by atoms with Gasteiger partial charge >= 0.3 is 0 Å². The number of carbonyl (C=O) groups excluding carboxylic acids is 1. The Balaban J connectivity index is 1.84. The van der Waals surface area contributed by atoms with Gasteiger partial charge in [0.1, 0.15) is 17.4 Å². The van der Waals surface area contributed by atoms with Crippen molar-refractivity contribution < 1.29 is 14.3 Å². The van der Waals surface area contributed by atoms with Crippen molar-refractivity contribution in [3.8, 4) is 5.75 Å². The molecule has 1 N–H and O–H groups in total. The van der Waals surface area contributed by atoms with E-state index in [1.165, 1.54) is 11.3 Å². The molecule has 2 heterocycles. The van der Waals surface area contributed by atoms with E-state index < -0.39 is 0 Å². The molecule has 3 rings (SSSR count). The van der Waals surface area contributed by atoms with E-state index in [4.69, 9.17) is 9.47 Å². The Kier molecular flexibility index (Phi) is 4.07. The highest BCUT2D eigenvalue weighted by atomic mass is 32.1. The van der Waals surface area contributed by atoms with E-state index in [9.17, 15) is 4.79 Å². The van der Waals surface area contributed by atoms with Crippen molar-refractivity contribution >= 4 is 32.6 Å². The molecule has 1 fully saturated rings. The Labute approximate surface area is 127 Å². The van der Waals surface area contributed by atoms with Gasteiger partial charge in [-0.3, -0.25) is 10.1 Å². The molecule has 1 aromatic carbocycles. The number of anilines is 1. The predicted octanol–water partition coefficient (Wildman–Crippen LogP) is 3.12. The van der Waals surface area contributed by atoms with Crippen molar-refractivity contribution in [3.05, 3.63) is 17.7 Å². The largest absolute Gasteiger partial charge is 0.494 e. The molecule has 1 amide bonds. The van der Waals surface area contributed by atoms with Gasteiger partial charge in [-0.05, 0) is 37.8 Å². The highest BCUT2D eigenvalue weighted by molar-refractivity contribution is 7.22. The van der Waals surface area contributed by atoms with Crippen LogP contribution in [-0.2, 0) is 9.53 Å². The van der Waals surface area contributed by atoms with Gasteiger partial charge < -0.3 is 9.47 Å². The Morgan fingerprint density at radius 2 is 2.33 bits per heavy atom. The highest BCUT2D eigenvalue weighted by Gasteiger charge is 2.23. The Hall–Kier alpha value is -1.66. The third kappa shape index (κ3) is 2.87. The lowest BCUT2D eigenvalue weighted by atomic mass is 10.1. The van der Waals surface area contributed by atoms with Gasteiger partial charge in [-0.25, -0.2) is 4.98 Å². The highest BCUT2D eigenvalue weighted by Crippen LogP contribution is 2.34. The second kappa shape index (κ2) is 5.99. The summed E-state index contributed by atoms with van der Waals surface area (Å²) in [7, 11) is 1.62. The monoisotopic (exact) mass is 306 g/mol. The van der Waals surface area contributed by atoms with E-state index in [1.807, 2.05) is 19.1 Å². The molecule has 1 aliphatic rings. The summed E-state index contributed by atoms with van der Waals surface area (Å²) >= 11 is 1.47. The topological polar surface area (TPSA) is 60.5 Å². The van der Waals surface area contributed by atoms with Crippen molar-refractivity contribution in [2.24, 2.45) is 0 Å². The summed E-state index contributed by atoms with van der Waals surface area (Å²) in [5, 5.41) is 3.46. The normalized spacial score (nSPS) is 18.7. The molecule has 6 heteroatoms. The molecule has 0 spiro atoms. The van der Waals surface area contributed by atoms with Crippen LogP contribution in [-0.4, -0.2) is 30.7 Å². The molecule has 0 saturated carbocycles. The molecule has 21 heavy (non-hydrogen) atoms. The zero-order valence-corrected chi connectivity index (χ0v) is 13.0. The number of hydrogen-bond donors (Lipinski definition) is 1. The van der Waals surface area contributed by atoms with Crippen molar-refractivity contribution in [2.45, 2.75) is 32.3 Å². The molecule has 0 bridgehead atoms. The van der Waals surface area contributed by atoms with Crippen LogP contribution in [0.25, 0.3) is 10.2 Å². The Bertz CT molecular complexity index is 662. The molecule has 1 atom stereocenters. The fourth-order valence-corrected chi connectivity index (χ4v) is 3.42. The van der Waals surface area contributed by atoms with Gasteiger partial charge in [0.05, 0.1) is 11.8 Å². The minimum atomic E-state index is -0.353. The number of ether oxygens (including phenoxy) is 2. The van der Waals surface area contributed by atoms with Gasteiger partial charge in [0.15, 0.2) is 5.13 Å². The first kappa shape index (κ1) is 14.3. The molecule has 1 aromatic heterocycles. The number of aryl methyl sites for hydroxylation is 1. The molecule has 5 nitrogen and oxygen atoms in total. The van der Waals surface area contributed by atoms with Gasteiger partial charge in [-0.15, -0.1) is 0 Å². The van der Waals surface area contributed by atoms with Crippen LogP contribution in [0.15, 0.2) is 12.1 Å². The van der Waals surface area contributed by atoms with Gasteiger partial charge in [-0.2, -0.15) is 0 Å². The van der Waals surface area contributed by atoms with Gasteiger partial charge in [-0.1, -0.05) is 17.4 Å². The molecule has 112 valence electrons. The fourth-order valence-electron chi connectivity index (χ4n) is 2.46. The number of hydrogen-bond acceptors (Lipinski definition) is 5. The number of rotatable bonds is 3. The van der Waals surface area contributed by atoms with Crippen LogP contribution in [0.2, 0.25) is 0 Å². The summed E-state index contributed by atoms with van der Waals surface area (Å²) in [6.07, 6.45) is 2.49.